The highest BCUT2D eigenvalue weighted by Crippen LogP contribution is 2.54. The number of aromatic nitrogens is 4. The van der Waals surface area contributed by atoms with E-state index in [0.717, 1.165) is 24.0 Å². The van der Waals surface area contributed by atoms with Crippen molar-refractivity contribution in [3.05, 3.63) is 46.1 Å². The molecule has 1 amide bonds. The first-order valence-electron chi connectivity index (χ1n) is 9.79. The SMILES string of the molecule is CC(C)(O)Cn1cc(-c2c(C(N)=O)nc3n2C2CC(C2)c2cc(F)c(Br)cc2-3)cn1. The van der Waals surface area contributed by atoms with Gasteiger partial charge >= 0.3 is 0 Å². The first kappa shape index (κ1) is 19.4. The molecule has 1 aliphatic carbocycles. The highest BCUT2D eigenvalue weighted by molar-refractivity contribution is 9.10. The second-order valence-corrected chi connectivity index (χ2v) is 9.64. The van der Waals surface area contributed by atoms with Crippen LogP contribution in [0.4, 0.5) is 4.39 Å². The molecule has 0 atom stereocenters. The van der Waals surface area contributed by atoms with Gasteiger partial charge in [0.25, 0.3) is 5.91 Å². The minimum Gasteiger partial charge on any atom is -0.389 e. The number of aliphatic hydroxyl groups is 1. The molecule has 0 radical (unpaired) electrons. The number of hydrogen-bond acceptors (Lipinski definition) is 4. The van der Waals surface area contributed by atoms with E-state index >= 15 is 0 Å². The van der Waals surface area contributed by atoms with E-state index in [4.69, 9.17) is 5.73 Å². The van der Waals surface area contributed by atoms with Crippen LogP contribution in [0.3, 0.4) is 0 Å². The van der Waals surface area contributed by atoms with Gasteiger partial charge in [0.15, 0.2) is 5.69 Å². The topological polar surface area (TPSA) is 99.0 Å². The molecular formula is C21H21BrFN5O2. The Morgan fingerprint density at radius 2 is 2.13 bits per heavy atom. The monoisotopic (exact) mass is 473 g/mol. The van der Waals surface area contributed by atoms with E-state index in [1.807, 2.05) is 0 Å². The molecule has 3 aliphatic rings. The fourth-order valence-corrected chi connectivity index (χ4v) is 4.88. The van der Waals surface area contributed by atoms with Crippen molar-refractivity contribution >= 4 is 21.8 Å². The van der Waals surface area contributed by atoms with E-state index in [2.05, 4.69) is 30.6 Å². The number of hydrogen-bond donors (Lipinski definition) is 2. The lowest BCUT2D eigenvalue weighted by Gasteiger charge is -2.35. The zero-order chi connectivity index (χ0) is 21.4. The van der Waals surface area contributed by atoms with E-state index in [9.17, 15) is 14.3 Å². The lowest BCUT2D eigenvalue weighted by Crippen LogP contribution is -2.26. The maximum Gasteiger partial charge on any atom is 0.269 e. The van der Waals surface area contributed by atoms with Crippen LogP contribution in [0.1, 0.15) is 54.7 Å². The van der Waals surface area contributed by atoms with Gasteiger partial charge in [-0.2, -0.15) is 5.10 Å². The smallest absolute Gasteiger partial charge is 0.269 e. The molecule has 0 saturated heterocycles. The van der Waals surface area contributed by atoms with Crippen molar-refractivity contribution in [3.63, 3.8) is 0 Å². The summed E-state index contributed by atoms with van der Waals surface area (Å²) < 4.78 is 18.3. The Morgan fingerprint density at radius 1 is 1.40 bits per heavy atom. The minimum atomic E-state index is -0.930. The summed E-state index contributed by atoms with van der Waals surface area (Å²) in [7, 11) is 0. The molecule has 2 bridgehead atoms. The summed E-state index contributed by atoms with van der Waals surface area (Å²) in [6, 6.07) is 3.44. The highest BCUT2D eigenvalue weighted by atomic mass is 79.9. The second kappa shape index (κ2) is 6.49. The lowest BCUT2D eigenvalue weighted by atomic mass is 9.75. The van der Waals surface area contributed by atoms with Crippen LogP contribution in [0.15, 0.2) is 29.0 Å². The number of carbonyl (C=O) groups excluding carboxylic acids is 1. The predicted molar refractivity (Wildman–Crippen MR) is 112 cm³/mol. The Labute approximate surface area is 180 Å². The molecule has 2 aliphatic heterocycles. The minimum absolute atomic E-state index is 0.146. The molecule has 156 valence electrons. The maximum absolute atomic E-state index is 14.2. The number of nitrogens with two attached hydrogens (primary N) is 1. The zero-order valence-electron chi connectivity index (χ0n) is 16.6. The molecule has 1 fully saturated rings. The molecule has 3 aromatic rings. The first-order valence-corrected chi connectivity index (χ1v) is 10.6. The molecule has 1 saturated carbocycles. The van der Waals surface area contributed by atoms with Gasteiger partial charge in [-0.05, 0) is 66.2 Å². The van der Waals surface area contributed by atoms with Gasteiger partial charge in [-0.25, -0.2) is 9.37 Å². The lowest BCUT2D eigenvalue weighted by molar-refractivity contribution is 0.0577. The van der Waals surface area contributed by atoms with Crippen molar-refractivity contribution in [2.75, 3.05) is 0 Å². The van der Waals surface area contributed by atoms with Crippen LogP contribution in [-0.2, 0) is 6.54 Å². The fourth-order valence-electron chi connectivity index (χ4n) is 4.54. The van der Waals surface area contributed by atoms with Gasteiger partial charge in [0, 0.05) is 23.4 Å². The molecule has 30 heavy (non-hydrogen) atoms. The molecule has 0 unspecified atom stereocenters. The molecule has 9 heteroatoms. The Bertz CT molecular complexity index is 1190. The summed E-state index contributed by atoms with van der Waals surface area (Å²) >= 11 is 3.27. The predicted octanol–water partition coefficient (Wildman–Crippen LogP) is 3.62. The summed E-state index contributed by atoms with van der Waals surface area (Å²) in [6.45, 7) is 3.72. The summed E-state index contributed by atoms with van der Waals surface area (Å²) in [4.78, 5) is 16.9. The zero-order valence-corrected chi connectivity index (χ0v) is 18.1. The fraction of sp³-hybridized carbons (Fsp3) is 0.381. The molecule has 2 aromatic heterocycles. The third-order valence-corrected chi connectivity index (χ3v) is 6.46. The number of rotatable bonds is 4. The van der Waals surface area contributed by atoms with Crippen LogP contribution in [0.25, 0.3) is 22.6 Å². The molecule has 3 N–H and O–H groups in total. The maximum atomic E-state index is 14.2. The van der Waals surface area contributed by atoms with Gasteiger partial charge in [0.05, 0.1) is 28.5 Å². The van der Waals surface area contributed by atoms with Gasteiger partial charge in [-0.1, -0.05) is 0 Å². The summed E-state index contributed by atoms with van der Waals surface area (Å²) in [6.07, 6.45) is 5.14. The van der Waals surface area contributed by atoms with Crippen molar-refractivity contribution in [1.29, 1.82) is 0 Å². The van der Waals surface area contributed by atoms with E-state index in [0.29, 0.717) is 28.1 Å². The largest absolute Gasteiger partial charge is 0.389 e. The number of primary amides is 1. The van der Waals surface area contributed by atoms with Gasteiger partial charge in [0.1, 0.15) is 11.6 Å². The van der Waals surface area contributed by atoms with Crippen molar-refractivity contribution in [2.24, 2.45) is 5.73 Å². The van der Waals surface area contributed by atoms with E-state index in [1.54, 1.807) is 43.1 Å². The highest BCUT2D eigenvalue weighted by Gasteiger charge is 2.42. The van der Waals surface area contributed by atoms with Gasteiger partial charge in [-0.15, -0.1) is 0 Å². The number of benzene rings is 1. The Morgan fingerprint density at radius 3 is 2.80 bits per heavy atom. The average molecular weight is 474 g/mol. The van der Waals surface area contributed by atoms with Crippen LogP contribution in [0.2, 0.25) is 0 Å². The summed E-state index contributed by atoms with van der Waals surface area (Å²) in [5.74, 6) is -0.0494. The molecule has 7 nitrogen and oxygen atoms in total. The van der Waals surface area contributed by atoms with Crippen LogP contribution in [-0.4, -0.2) is 35.9 Å². The van der Waals surface area contributed by atoms with Gasteiger partial charge in [0.2, 0.25) is 0 Å². The second-order valence-electron chi connectivity index (χ2n) is 8.78. The third kappa shape index (κ3) is 2.99. The summed E-state index contributed by atoms with van der Waals surface area (Å²) in [5, 5.41) is 14.4. The standard InChI is InChI=1S/C21H21BrFN5O2/c1-21(2,30)9-27-8-11(7-25-27)18-17(19(24)29)26-20-14-5-15(22)16(23)6-13(14)10-3-12(4-10)28(18)20/h5-8,10,12,30H,3-4,9H2,1-2H3,(H2,24,29). The Kier molecular flexibility index (Phi) is 4.20. The van der Waals surface area contributed by atoms with E-state index < -0.39 is 11.5 Å². The molecule has 0 spiro atoms. The van der Waals surface area contributed by atoms with E-state index in [-0.39, 0.29) is 23.5 Å². The van der Waals surface area contributed by atoms with Crippen LogP contribution < -0.4 is 5.73 Å². The molecule has 1 aromatic carbocycles. The molecule has 4 heterocycles. The van der Waals surface area contributed by atoms with Crippen LogP contribution >= 0.6 is 15.9 Å². The van der Waals surface area contributed by atoms with Crippen molar-refractivity contribution in [2.45, 2.75) is 50.8 Å². The van der Waals surface area contributed by atoms with Crippen LogP contribution in [0.5, 0.6) is 0 Å². The molecular weight excluding hydrogens is 453 g/mol. The van der Waals surface area contributed by atoms with Crippen molar-refractivity contribution < 1.29 is 14.3 Å². The van der Waals surface area contributed by atoms with E-state index in [1.165, 1.54) is 0 Å². The normalized spacial score (nSPS) is 19.6. The number of carbonyl (C=O) groups is 1. The first-order chi connectivity index (χ1) is 14.1. The van der Waals surface area contributed by atoms with Gasteiger partial charge in [-0.3, -0.25) is 9.48 Å². The molecule has 6 rings (SSSR count). The Hall–Kier alpha value is -2.52. The van der Waals surface area contributed by atoms with Crippen LogP contribution in [0, 0.1) is 5.82 Å². The summed E-state index contributed by atoms with van der Waals surface area (Å²) in [5.41, 5.74) is 7.99. The number of nitrogens with zero attached hydrogens (tertiary/aromatic N) is 4. The number of amides is 1. The number of halogens is 2. The van der Waals surface area contributed by atoms with Gasteiger partial charge < -0.3 is 15.4 Å². The number of imidazole rings is 1. The van der Waals surface area contributed by atoms with Crippen molar-refractivity contribution in [3.8, 4) is 22.6 Å². The van der Waals surface area contributed by atoms with Crippen molar-refractivity contribution in [1.82, 2.24) is 19.3 Å². The third-order valence-electron chi connectivity index (χ3n) is 5.85. The average Bonchev–Trinajstić information content (AvgIpc) is 3.14. The quantitative estimate of drug-likeness (QED) is 0.604. The Balaban J connectivity index is 1.72.